The van der Waals surface area contributed by atoms with E-state index in [1.807, 2.05) is 34.5 Å². The fourth-order valence-electron chi connectivity index (χ4n) is 2.59. The zero-order valence-corrected chi connectivity index (χ0v) is 13.7. The van der Waals surface area contributed by atoms with Gasteiger partial charge in [0.25, 0.3) is 5.91 Å². The molecule has 3 rings (SSSR count). The van der Waals surface area contributed by atoms with E-state index in [0.29, 0.717) is 13.2 Å². The quantitative estimate of drug-likeness (QED) is 0.763. The number of rotatable bonds is 6. The van der Waals surface area contributed by atoms with Gasteiger partial charge in [0.05, 0.1) is 23.8 Å². The van der Waals surface area contributed by atoms with E-state index in [-0.39, 0.29) is 12.0 Å². The second kappa shape index (κ2) is 8.08. The molecule has 0 aliphatic carbocycles. The van der Waals surface area contributed by atoms with Gasteiger partial charge in [-0.1, -0.05) is 6.07 Å². The van der Waals surface area contributed by atoms with E-state index in [1.54, 1.807) is 12.4 Å². The second-order valence-electron chi connectivity index (χ2n) is 5.38. The van der Waals surface area contributed by atoms with Gasteiger partial charge in [-0.15, -0.1) is 11.3 Å². The number of nitrogens with zero attached hydrogens (tertiary/aromatic N) is 2. The maximum Gasteiger partial charge on any atom is 0.263 e. The molecule has 0 atom stereocenters. The molecule has 0 N–H and O–H groups in total. The first-order valence-corrected chi connectivity index (χ1v) is 8.68. The summed E-state index contributed by atoms with van der Waals surface area (Å²) in [6, 6.07) is 7.51. The fraction of sp³-hybridized carbons (Fsp3) is 0.412. The van der Waals surface area contributed by atoms with E-state index >= 15 is 0 Å². The molecule has 0 saturated carbocycles. The van der Waals surface area contributed by atoms with Gasteiger partial charge in [-0.2, -0.15) is 0 Å². The van der Waals surface area contributed by atoms with E-state index in [4.69, 9.17) is 9.47 Å². The molecule has 1 aliphatic rings. The minimum atomic E-state index is 0.137. The highest BCUT2D eigenvalue weighted by molar-refractivity contribution is 7.12. The highest BCUT2D eigenvalue weighted by Crippen LogP contribution is 2.18. The van der Waals surface area contributed by atoms with Crippen molar-refractivity contribution in [3.63, 3.8) is 0 Å². The summed E-state index contributed by atoms with van der Waals surface area (Å²) in [6.45, 7) is 2.58. The smallest absolute Gasteiger partial charge is 0.263 e. The number of thiophene rings is 1. The lowest BCUT2D eigenvalue weighted by Crippen LogP contribution is -2.40. The summed E-state index contributed by atoms with van der Waals surface area (Å²) in [7, 11) is 0. The largest absolute Gasteiger partial charge is 0.490 e. The molecule has 0 aromatic carbocycles. The van der Waals surface area contributed by atoms with E-state index in [9.17, 15) is 4.79 Å². The van der Waals surface area contributed by atoms with Gasteiger partial charge in [0.2, 0.25) is 0 Å². The Morgan fingerprint density at radius 3 is 2.83 bits per heavy atom. The van der Waals surface area contributed by atoms with Crippen LogP contribution in [0.3, 0.4) is 0 Å². The lowest BCUT2D eigenvalue weighted by Gasteiger charge is -2.31. The summed E-state index contributed by atoms with van der Waals surface area (Å²) in [5.74, 6) is 0.894. The monoisotopic (exact) mass is 332 g/mol. The molecule has 1 amide bonds. The molecule has 2 aromatic rings. The number of hydrogen-bond acceptors (Lipinski definition) is 5. The van der Waals surface area contributed by atoms with Crippen molar-refractivity contribution in [1.82, 2.24) is 9.88 Å². The van der Waals surface area contributed by atoms with Gasteiger partial charge in [0.1, 0.15) is 12.4 Å². The third kappa shape index (κ3) is 4.53. The van der Waals surface area contributed by atoms with Gasteiger partial charge < -0.3 is 14.4 Å². The Morgan fingerprint density at radius 2 is 2.13 bits per heavy atom. The van der Waals surface area contributed by atoms with Crippen molar-refractivity contribution in [2.45, 2.75) is 18.9 Å². The third-order valence-corrected chi connectivity index (χ3v) is 4.66. The number of hydrogen-bond donors (Lipinski definition) is 0. The zero-order chi connectivity index (χ0) is 15.9. The Balaban J connectivity index is 1.34. The van der Waals surface area contributed by atoms with Gasteiger partial charge >= 0.3 is 0 Å². The number of ether oxygens (including phenoxy) is 2. The standard InChI is InChI=1S/C17H20N2O3S/c20-17(16-4-2-12-23-16)19-8-5-14(6-9-19)21-10-11-22-15-3-1-7-18-13-15/h1-4,7,12-14H,5-6,8-11H2. The molecule has 1 fully saturated rings. The topological polar surface area (TPSA) is 51.7 Å². The van der Waals surface area contributed by atoms with E-state index in [2.05, 4.69) is 4.98 Å². The number of likely N-dealkylation sites (tertiary alicyclic amines) is 1. The molecule has 0 bridgehead atoms. The average Bonchev–Trinajstić information content (AvgIpc) is 3.14. The van der Waals surface area contributed by atoms with Crippen LogP contribution < -0.4 is 4.74 Å². The van der Waals surface area contributed by atoms with Gasteiger partial charge in [0, 0.05) is 19.3 Å². The van der Waals surface area contributed by atoms with Crippen molar-refractivity contribution in [3.05, 3.63) is 46.9 Å². The lowest BCUT2D eigenvalue weighted by atomic mass is 10.1. The van der Waals surface area contributed by atoms with Gasteiger partial charge in [-0.05, 0) is 36.4 Å². The number of carbonyl (C=O) groups is 1. The minimum absolute atomic E-state index is 0.137. The molecule has 0 spiro atoms. The highest BCUT2D eigenvalue weighted by Gasteiger charge is 2.24. The van der Waals surface area contributed by atoms with Crippen LogP contribution in [0.4, 0.5) is 0 Å². The Bertz CT molecular complexity index is 596. The maximum absolute atomic E-state index is 12.3. The van der Waals surface area contributed by atoms with Crippen LogP contribution in [-0.2, 0) is 4.74 Å². The Labute approximate surface area is 139 Å². The number of carbonyl (C=O) groups excluding carboxylic acids is 1. The first-order chi connectivity index (χ1) is 11.3. The van der Waals surface area contributed by atoms with Crippen LogP contribution in [0, 0.1) is 0 Å². The fourth-order valence-corrected chi connectivity index (χ4v) is 3.28. The number of amides is 1. The van der Waals surface area contributed by atoms with Crippen LogP contribution in [0.15, 0.2) is 42.0 Å². The molecule has 1 saturated heterocycles. The molecule has 122 valence electrons. The van der Waals surface area contributed by atoms with Crippen LogP contribution in [0.2, 0.25) is 0 Å². The van der Waals surface area contributed by atoms with E-state index in [1.165, 1.54) is 11.3 Å². The normalized spacial score (nSPS) is 15.6. The number of piperidine rings is 1. The van der Waals surface area contributed by atoms with Gasteiger partial charge in [-0.25, -0.2) is 0 Å². The molecule has 6 heteroatoms. The summed E-state index contributed by atoms with van der Waals surface area (Å²) < 4.78 is 11.4. The summed E-state index contributed by atoms with van der Waals surface area (Å²) >= 11 is 1.50. The van der Waals surface area contributed by atoms with Crippen LogP contribution in [-0.4, -0.2) is 48.2 Å². The first-order valence-electron chi connectivity index (χ1n) is 7.80. The molecule has 0 unspecified atom stereocenters. The minimum Gasteiger partial charge on any atom is -0.490 e. The van der Waals surface area contributed by atoms with Crippen molar-refractivity contribution in [2.75, 3.05) is 26.3 Å². The predicted molar refractivity (Wildman–Crippen MR) is 88.9 cm³/mol. The first kappa shape index (κ1) is 16.0. The SMILES string of the molecule is O=C(c1cccs1)N1CCC(OCCOc2cccnc2)CC1. The predicted octanol–water partition coefficient (Wildman–Crippen LogP) is 2.84. The second-order valence-corrected chi connectivity index (χ2v) is 6.32. The van der Waals surface area contributed by atoms with Crippen molar-refractivity contribution < 1.29 is 14.3 Å². The summed E-state index contributed by atoms with van der Waals surface area (Å²) in [4.78, 5) is 19.0. The summed E-state index contributed by atoms with van der Waals surface area (Å²) in [5.41, 5.74) is 0. The molecular weight excluding hydrogens is 312 g/mol. The molecule has 0 radical (unpaired) electrons. The molecule has 23 heavy (non-hydrogen) atoms. The lowest BCUT2D eigenvalue weighted by molar-refractivity contribution is -0.00231. The van der Waals surface area contributed by atoms with Crippen LogP contribution in [0.5, 0.6) is 5.75 Å². The highest BCUT2D eigenvalue weighted by atomic mass is 32.1. The Kier molecular flexibility index (Phi) is 5.60. The molecule has 3 heterocycles. The van der Waals surface area contributed by atoms with Gasteiger partial charge in [-0.3, -0.25) is 9.78 Å². The molecule has 5 nitrogen and oxygen atoms in total. The molecular formula is C17H20N2O3S. The average molecular weight is 332 g/mol. The van der Waals surface area contributed by atoms with E-state index < -0.39 is 0 Å². The Hall–Kier alpha value is -1.92. The van der Waals surface area contributed by atoms with Crippen LogP contribution >= 0.6 is 11.3 Å². The van der Waals surface area contributed by atoms with Crippen molar-refractivity contribution in [2.24, 2.45) is 0 Å². The number of aromatic nitrogens is 1. The van der Waals surface area contributed by atoms with E-state index in [0.717, 1.165) is 36.6 Å². The Morgan fingerprint density at radius 1 is 1.26 bits per heavy atom. The van der Waals surface area contributed by atoms with Crippen molar-refractivity contribution in [3.8, 4) is 5.75 Å². The summed E-state index contributed by atoms with van der Waals surface area (Å²) in [6.07, 6.45) is 5.37. The molecule has 1 aliphatic heterocycles. The number of pyridine rings is 1. The van der Waals surface area contributed by atoms with Crippen molar-refractivity contribution >= 4 is 17.2 Å². The van der Waals surface area contributed by atoms with Gasteiger partial charge in [0.15, 0.2) is 0 Å². The van der Waals surface area contributed by atoms with Crippen LogP contribution in [0.1, 0.15) is 22.5 Å². The van der Waals surface area contributed by atoms with Crippen molar-refractivity contribution in [1.29, 1.82) is 0 Å². The maximum atomic E-state index is 12.3. The summed E-state index contributed by atoms with van der Waals surface area (Å²) in [5, 5.41) is 1.94. The third-order valence-electron chi connectivity index (χ3n) is 3.80. The zero-order valence-electron chi connectivity index (χ0n) is 12.9. The van der Waals surface area contributed by atoms with Crippen LogP contribution in [0.25, 0.3) is 0 Å². The molecule has 2 aromatic heterocycles.